The molecule has 17 heavy (non-hydrogen) atoms. The van der Waals surface area contributed by atoms with Gasteiger partial charge in [0, 0.05) is 5.71 Å². The number of hydrogen-bond acceptors (Lipinski definition) is 3. The molecule has 1 saturated carbocycles. The number of nitrogens with zero attached hydrogens (tertiary/aromatic N) is 1. The van der Waals surface area contributed by atoms with E-state index in [-0.39, 0.29) is 5.91 Å². The van der Waals surface area contributed by atoms with Crippen LogP contribution in [0.25, 0.3) is 0 Å². The highest BCUT2D eigenvalue weighted by Crippen LogP contribution is 2.20. The van der Waals surface area contributed by atoms with Crippen LogP contribution in [0.5, 0.6) is 0 Å². The van der Waals surface area contributed by atoms with Crippen molar-refractivity contribution in [1.29, 1.82) is 0 Å². The Morgan fingerprint density at radius 1 is 1.53 bits per heavy atom. The maximum Gasteiger partial charge on any atom is 0.307 e. The highest BCUT2D eigenvalue weighted by molar-refractivity contribution is 5.93. The summed E-state index contributed by atoms with van der Waals surface area (Å²) in [5.41, 5.74) is 3.64. The molecule has 1 atom stereocenters. The van der Waals surface area contributed by atoms with E-state index in [4.69, 9.17) is 4.42 Å². The highest BCUT2D eigenvalue weighted by atomic mass is 16.3. The average molecular weight is 234 g/mol. The minimum Gasteiger partial charge on any atom is -0.456 e. The molecule has 0 saturated heterocycles. The van der Waals surface area contributed by atoms with Gasteiger partial charge in [-0.25, -0.2) is 5.43 Å². The van der Waals surface area contributed by atoms with E-state index in [0.717, 1.165) is 30.7 Å². The molecular weight excluding hydrogens is 216 g/mol. The van der Waals surface area contributed by atoms with E-state index >= 15 is 0 Å². The van der Waals surface area contributed by atoms with Crippen LogP contribution in [0.4, 0.5) is 0 Å². The van der Waals surface area contributed by atoms with E-state index < -0.39 is 0 Å². The van der Waals surface area contributed by atoms with Gasteiger partial charge in [0.05, 0.1) is 0 Å². The quantitative estimate of drug-likeness (QED) is 0.800. The SMILES string of the molecule is Cc1ccc(C(=O)N/N=C2/CCC[C@H](C)C2)o1. The monoisotopic (exact) mass is 234 g/mol. The number of hydrogen-bond donors (Lipinski definition) is 1. The van der Waals surface area contributed by atoms with Crippen molar-refractivity contribution in [3.8, 4) is 0 Å². The number of rotatable bonds is 2. The molecule has 0 aliphatic heterocycles. The van der Waals surface area contributed by atoms with Crippen LogP contribution in [0.15, 0.2) is 21.7 Å². The number of nitrogens with one attached hydrogen (secondary N) is 1. The summed E-state index contributed by atoms with van der Waals surface area (Å²) >= 11 is 0. The van der Waals surface area contributed by atoms with Crippen molar-refractivity contribution in [3.05, 3.63) is 23.7 Å². The van der Waals surface area contributed by atoms with Crippen molar-refractivity contribution in [3.63, 3.8) is 0 Å². The standard InChI is InChI=1S/C13H18N2O2/c1-9-4-3-5-11(8-9)14-15-13(16)12-7-6-10(2)17-12/h6-7,9H,3-5,8H2,1-2H3,(H,15,16)/b14-11-/t9-/m0/s1. The zero-order valence-corrected chi connectivity index (χ0v) is 10.3. The fourth-order valence-corrected chi connectivity index (χ4v) is 2.10. The number of furan rings is 1. The van der Waals surface area contributed by atoms with Gasteiger partial charge in [0.2, 0.25) is 0 Å². The van der Waals surface area contributed by atoms with Crippen molar-refractivity contribution >= 4 is 11.6 Å². The Kier molecular flexibility index (Phi) is 3.61. The Morgan fingerprint density at radius 3 is 3.00 bits per heavy atom. The first-order valence-electron chi connectivity index (χ1n) is 6.07. The maximum absolute atomic E-state index is 11.7. The zero-order chi connectivity index (χ0) is 12.3. The molecule has 2 rings (SSSR count). The smallest absolute Gasteiger partial charge is 0.307 e. The van der Waals surface area contributed by atoms with E-state index in [1.165, 1.54) is 6.42 Å². The van der Waals surface area contributed by atoms with Gasteiger partial charge in [0.15, 0.2) is 5.76 Å². The minimum absolute atomic E-state index is 0.274. The van der Waals surface area contributed by atoms with Gasteiger partial charge in [0.25, 0.3) is 0 Å². The van der Waals surface area contributed by atoms with Crippen LogP contribution in [0.1, 0.15) is 48.9 Å². The zero-order valence-electron chi connectivity index (χ0n) is 10.3. The third-order valence-electron chi connectivity index (χ3n) is 3.03. The largest absolute Gasteiger partial charge is 0.456 e. The van der Waals surface area contributed by atoms with Crippen molar-refractivity contribution < 1.29 is 9.21 Å². The fraction of sp³-hybridized carbons (Fsp3) is 0.538. The number of amides is 1. The van der Waals surface area contributed by atoms with E-state index in [2.05, 4.69) is 17.5 Å². The maximum atomic E-state index is 11.7. The molecule has 1 aliphatic carbocycles. The summed E-state index contributed by atoms with van der Waals surface area (Å²) in [5, 5.41) is 4.18. The Labute approximate surface area is 101 Å². The normalized spacial score (nSPS) is 22.7. The summed E-state index contributed by atoms with van der Waals surface area (Å²) in [6.07, 6.45) is 4.39. The van der Waals surface area contributed by atoms with Crippen LogP contribution in [-0.2, 0) is 0 Å². The molecule has 0 unspecified atom stereocenters. The van der Waals surface area contributed by atoms with E-state index in [9.17, 15) is 4.79 Å². The summed E-state index contributed by atoms with van der Waals surface area (Å²) in [6.45, 7) is 4.03. The first-order chi connectivity index (χ1) is 8.15. The summed E-state index contributed by atoms with van der Waals surface area (Å²) in [4.78, 5) is 11.7. The van der Waals surface area contributed by atoms with Crippen LogP contribution in [0.3, 0.4) is 0 Å². The summed E-state index contributed by atoms with van der Waals surface area (Å²) in [6, 6.07) is 3.43. The lowest BCUT2D eigenvalue weighted by molar-refractivity contribution is 0.0925. The predicted molar refractivity (Wildman–Crippen MR) is 66.0 cm³/mol. The molecule has 1 aromatic heterocycles. The molecule has 4 heteroatoms. The van der Waals surface area contributed by atoms with Gasteiger partial charge in [0.1, 0.15) is 5.76 Å². The Bertz CT molecular complexity index is 434. The lowest BCUT2D eigenvalue weighted by Gasteiger charge is -2.18. The lowest BCUT2D eigenvalue weighted by atomic mass is 9.89. The number of aryl methyl sites for hydroxylation is 1. The Balaban J connectivity index is 1.93. The molecule has 0 spiro atoms. The van der Waals surface area contributed by atoms with Gasteiger partial charge < -0.3 is 4.42 Å². The van der Waals surface area contributed by atoms with Crippen LogP contribution < -0.4 is 5.43 Å². The molecule has 1 fully saturated rings. The second-order valence-electron chi connectivity index (χ2n) is 4.73. The first kappa shape index (κ1) is 11.9. The van der Waals surface area contributed by atoms with Gasteiger partial charge in [-0.15, -0.1) is 0 Å². The van der Waals surface area contributed by atoms with Crippen LogP contribution >= 0.6 is 0 Å². The van der Waals surface area contributed by atoms with Gasteiger partial charge in [-0.05, 0) is 50.7 Å². The summed E-state index contributed by atoms with van der Waals surface area (Å²) in [7, 11) is 0. The molecule has 1 heterocycles. The van der Waals surface area contributed by atoms with E-state index in [0.29, 0.717) is 11.7 Å². The van der Waals surface area contributed by atoms with E-state index in [1.54, 1.807) is 12.1 Å². The number of carbonyl (C=O) groups is 1. The topological polar surface area (TPSA) is 54.6 Å². The molecule has 0 aromatic carbocycles. The predicted octanol–water partition coefficient (Wildman–Crippen LogP) is 2.88. The fourth-order valence-electron chi connectivity index (χ4n) is 2.10. The van der Waals surface area contributed by atoms with Gasteiger partial charge >= 0.3 is 5.91 Å². The minimum atomic E-state index is -0.274. The molecule has 92 valence electrons. The molecule has 1 aliphatic rings. The van der Waals surface area contributed by atoms with Crippen molar-refractivity contribution in [2.45, 2.75) is 39.5 Å². The molecule has 0 radical (unpaired) electrons. The third-order valence-corrected chi connectivity index (χ3v) is 3.03. The second kappa shape index (κ2) is 5.17. The van der Waals surface area contributed by atoms with Gasteiger partial charge in [-0.1, -0.05) is 6.92 Å². The first-order valence-corrected chi connectivity index (χ1v) is 6.07. The number of carbonyl (C=O) groups excluding carboxylic acids is 1. The van der Waals surface area contributed by atoms with Crippen molar-refractivity contribution in [2.75, 3.05) is 0 Å². The number of hydrazone groups is 1. The van der Waals surface area contributed by atoms with Crippen LogP contribution in [-0.4, -0.2) is 11.6 Å². The van der Waals surface area contributed by atoms with Crippen molar-refractivity contribution in [2.24, 2.45) is 11.0 Å². The average Bonchev–Trinajstić information content (AvgIpc) is 2.73. The van der Waals surface area contributed by atoms with Crippen LogP contribution in [0.2, 0.25) is 0 Å². The second-order valence-corrected chi connectivity index (χ2v) is 4.73. The Hall–Kier alpha value is -1.58. The summed E-state index contributed by atoms with van der Waals surface area (Å²) in [5.74, 6) is 1.44. The molecule has 0 bridgehead atoms. The molecular formula is C13H18N2O2. The van der Waals surface area contributed by atoms with Crippen molar-refractivity contribution in [1.82, 2.24) is 5.43 Å². The third kappa shape index (κ3) is 3.19. The van der Waals surface area contributed by atoms with Crippen LogP contribution in [0, 0.1) is 12.8 Å². The lowest BCUT2D eigenvalue weighted by Crippen LogP contribution is -2.21. The molecule has 1 amide bonds. The van der Waals surface area contributed by atoms with Gasteiger partial charge in [-0.3, -0.25) is 4.79 Å². The molecule has 4 nitrogen and oxygen atoms in total. The highest BCUT2D eigenvalue weighted by Gasteiger charge is 2.15. The van der Waals surface area contributed by atoms with Gasteiger partial charge in [-0.2, -0.15) is 5.10 Å². The Morgan fingerprint density at radius 2 is 2.35 bits per heavy atom. The van der Waals surface area contributed by atoms with E-state index in [1.807, 2.05) is 6.92 Å². The molecule has 1 N–H and O–H groups in total. The molecule has 1 aromatic rings. The summed E-state index contributed by atoms with van der Waals surface area (Å²) < 4.78 is 5.22.